The normalized spacial score (nSPS) is 11.5. The Morgan fingerprint density at radius 1 is 1.10 bits per heavy atom. The maximum absolute atomic E-state index is 12.8. The molecule has 0 radical (unpaired) electrons. The van der Waals surface area contributed by atoms with Crippen molar-refractivity contribution in [1.29, 1.82) is 0 Å². The molecule has 1 amide bonds. The highest BCUT2D eigenvalue weighted by Gasteiger charge is 2.20. The summed E-state index contributed by atoms with van der Waals surface area (Å²) in [6.07, 6.45) is 0.521. The molecule has 0 spiro atoms. The van der Waals surface area contributed by atoms with E-state index in [9.17, 15) is 14.4 Å². The monoisotopic (exact) mass is 437 g/mol. The maximum Gasteiger partial charge on any atom is 0.338 e. The molecule has 0 aliphatic carbocycles. The van der Waals surface area contributed by atoms with Gasteiger partial charge in [0.1, 0.15) is 0 Å². The standard InChI is InChI=1S/C23H23N3O4S/c1-3-19(21(28)24-17-12-8-11-16(13-17)22(29)30-4-2)31-23-25-18(14-20(27)26-23)15-9-6-5-7-10-15/h5-14,19H,3-4H2,1-2H3,(H,24,28)(H,25,26,27). The molecule has 1 atom stereocenters. The Balaban J connectivity index is 1.75. The first-order chi connectivity index (χ1) is 15.0. The number of carbonyl (C=O) groups excluding carboxylic acids is 2. The van der Waals surface area contributed by atoms with E-state index in [-0.39, 0.29) is 18.1 Å². The number of carbonyl (C=O) groups is 2. The number of anilines is 1. The van der Waals surface area contributed by atoms with Gasteiger partial charge in [-0.05, 0) is 31.5 Å². The first-order valence-corrected chi connectivity index (χ1v) is 10.8. The van der Waals surface area contributed by atoms with Crippen molar-refractivity contribution in [2.75, 3.05) is 11.9 Å². The molecule has 0 fully saturated rings. The van der Waals surface area contributed by atoms with Crippen LogP contribution < -0.4 is 10.9 Å². The molecule has 3 aromatic rings. The van der Waals surface area contributed by atoms with E-state index < -0.39 is 11.2 Å². The van der Waals surface area contributed by atoms with Crippen LogP contribution in [0.5, 0.6) is 0 Å². The van der Waals surface area contributed by atoms with Gasteiger partial charge in [-0.1, -0.05) is 55.1 Å². The third-order valence-corrected chi connectivity index (χ3v) is 5.60. The van der Waals surface area contributed by atoms with E-state index in [0.717, 1.165) is 5.56 Å². The van der Waals surface area contributed by atoms with Crippen molar-refractivity contribution < 1.29 is 14.3 Å². The van der Waals surface area contributed by atoms with Crippen LogP contribution in [-0.2, 0) is 9.53 Å². The second kappa shape index (κ2) is 10.6. The highest BCUT2D eigenvalue weighted by atomic mass is 32.2. The second-order valence-corrected chi connectivity index (χ2v) is 7.80. The maximum atomic E-state index is 12.8. The summed E-state index contributed by atoms with van der Waals surface area (Å²) in [5.74, 6) is -0.694. The minimum atomic E-state index is -0.486. The van der Waals surface area contributed by atoms with Gasteiger partial charge in [-0.2, -0.15) is 0 Å². The van der Waals surface area contributed by atoms with E-state index in [1.54, 1.807) is 31.2 Å². The predicted octanol–water partition coefficient (Wildman–Crippen LogP) is 4.12. The van der Waals surface area contributed by atoms with Gasteiger partial charge in [0.15, 0.2) is 5.16 Å². The third-order valence-electron chi connectivity index (χ3n) is 4.35. The number of esters is 1. The Hall–Kier alpha value is -3.39. The van der Waals surface area contributed by atoms with E-state index in [1.807, 2.05) is 37.3 Å². The number of ether oxygens (including phenoxy) is 1. The number of aromatic amines is 1. The fourth-order valence-corrected chi connectivity index (χ4v) is 3.78. The molecule has 8 heteroatoms. The molecule has 1 unspecified atom stereocenters. The molecule has 1 aromatic heterocycles. The first-order valence-electron chi connectivity index (χ1n) is 9.91. The van der Waals surface area contributed by atoms with Crippen molar-refractivity contribution in [3.63, 3.8) is 0 Å². The number of nitrogens with zero attached hydrogens (tertiary/aromatic N) is 1. The minimum absolute atomic E-state index is 0.249. The minimum Gasteiger partial charge on any atom is -0.462 e. The van der Waals surface area contributed by atoms with Crippen LogP contribution in [0.3, 0.4) is 0 Å². The molecule has 2 aromatic carbocycles. The number of amides is 1. The summed E-state index contributed by atoms with van der Waals surface area (Å²) < 4.78 is 5.00. The molecule has 0 aliphatic rings. The number of thioether (sulfide) groups is 1. The topological polar surface area (TPSA) is 101 Å². The Morgan fingerprint density at radius 3 is 2.58 bits per heavy atom. The van der Waals surface area contributed by atoms with E-state index in [2.05, 4.69) is 15.3 Å². The SMILES string of the molecule is CCOC(=O)c1cccc(NC(=O)C(CC)Sc2nc(-c3ccccc3)cc(=O)[nH]2)c1. The molecule has 3 rings (SSSR count). The summed E-state index contributed by atoms with van der Waals surface area (Å²) in [6, 6.07) is 17.4. The Kier molecular flexibility index (Phi) is 7.61. The number of H-pyrrole nitrogens is 1. The lowest BCUT2D eigenvalue weighted by Crippen LogP contribution is -2.25. The van der Waals surface area contributed by atoms with Gasteiger partial charge >= 0.3 is 5.97 Å². The average Bonchev–Trinajstić information content (AvgIpc) is 2.78. The highest BCUT2D eigenvalue weighted by Crippen LogP contribution is 2.25. The van der Waals surface area contributed by atoms with E-state index >= 15 is 0 Å². The number of hydrogen-bond acceptors (Lipinski definition) is 6. The van der Waals surface area contributed by atoms with Crippen molar-refractivity contribution in [1.82, 2.24) is 9.97 Å². The van der Waals surface area contributed by atoms with Crippen LogP contribution in [0.15, 0.2) is 70.6 Å². The summed E-state index contributed by atoms with van der Waals surface area (Å²) in [5, 5.41) is 2.71. The van der Waals surface area contributed by atoms with Crippen LogP contribution >= 0.6 is 11.8 Å². The van der Waals surface area contributed by atoms with E-state index in [0.29, 0.717) is 28.5 Å². The van der Waals surface area contributed by atoms with Crippen molar-refractivity contribution in [3.05, 3.63) is 76.6 Å². The lowest BCUT2D eigenvalue weighted by molar-refractivity contribution is -0.115. The zero-order chi connectivity index (χ0) is 22.2. The van der Waals surface area contributed by atoms with E-state index in [1.165, 1.54) is 17.8 Å². The molecule has 0 bridgehead atoms. The van der Waals surface area contributed by atoms with Gasteiger partial charge in [-0.25, -0.2) is 9.78 Å². The molecular formula is C23H23N3O4S. The van der Waals surface area contributed by atoms with Crippen molar-refractivity contribution in [2.24, 2.45) is 0 Å². The van der Waals surface area contributed by atoms with Crippen LogP contribution in [0, 0.1) is 0 Å². The highest BCUT2D eigenvalue weighted by molar-refractivity contribution is 8.00. The Morgan fingerprint density at radius 2 is 1.87 bits per heavy atom. The second-order valence-electron chi connectivity index (χ2n) is 6.61. The van der Waals surface area contributed by atoms with Crippen LogP contribution in [-0.4, -0.2) is 33.7 Å². The number of rotatable bonds is 8. The number of hydrogen-bond donors (Lipinski definition) is 2. The van der Waals surface area contributed by atoms with Crippen LogP contribution in [0.4, 0.5) is 5.69 Å². The van der Waals surface area contributed by atoms with Crippen molar-refractivity contribution in [3.8, 4) is 11.3 Å². The molecule has 1 heterocycles. The van der Waals surface area contributed by atoms with Crippen LogP contribution in [0.2, 0.25) is 0 Å². The summed E-state index contributed by atoms with van der Waals surface area (Å²) in [4.78, 5) is 44.1. The Bertz CT molecular complexity index is 1120. The van der Waals surface area contributed by atoms with Gasteiger partial charge in [-0.3, -0.25) is 9.59 Å². The fourth-order valence-electron chi connectivity index (χ4n) is 2.87. The summed E-state index contributed by atoms with van der Waals surface area (Å²) >= 11 is 1.19. The summed E-state index contributed by atoms with van der Waals surface area (Å²) in [6.45, 7) is 3.89. The van der Waals surface area contributed by atoms with Crippen molar-refractivity contribution in [2.45, 2.75) is 30.7 Å². The van der Waals surface area contributed by atoms with Gasteiger partial charge < -0.3 is 15.0 Å². The average molecular weight is 438 g/mol. The molecule has 7 nitrogen and oxygen atoms in total. The predicted molar refractivity (Wildman–Crippen MR) is 121 cm³/mol. The first kappa shape index (κ1) is 22.3. The fraction of sp³-hybridized carbons (Fsp3) is 0.217. The largest absolute Gasteiger partial charge is 0.462 e. The summed E-state index contributed by atoms with van der Waals surface area (Å²) in [5.41, 5.74) is 1.94. The third kappa shape index (κ3) is 6.05. The lowest BCUT2D eigenvalue weighted by Gasteiger charge is -2.15. The number of benzene rings is 2. The molecular weight excluding hydrogens is 414 g/mol. The van der Waals surface area contributed by atoms with Crippen LogP contribution in [0.1, 0.15) is 30.6 Å². The molecule has 0 saturated carbocycles. The van der Waals surface area contributed by atoms with E-state index in [4.69, 9.17) is 4.74 Å². The van der Waals surface area contributed by atoms with Gasteiger partial charge in [-0.15, -0.1) is 0 Å². The molecule has 0 saturated heterocycles. The summed E-state index contributed by atoms with van der Waals surface area (Å²) in [7, 11) is 0. The van der Waals surface area contributed by atoms with Gasteiger partial charge in [0.25, 0.3) is 5.56 Å². The quantitative estimate of drug-likeness (QED) is 0.312. The van der Waals surface area contributed by atoms with Gasteiger partial charge in [0, 0.05) is 17.3 Å². The van der Waals surface area contributed by atoms with Crippen molar-refractivity contribution >= 4 is 29.3 Å². The van der Waals surface area contributed by atoms with Gasteiger partial charge in [0.05, 0.1) is 23.1 Å². The zero-order valence-electron chi connectivity index (χ0n) is 17.3. The number of nitrogens with one attached hydrogen (secondary N) is 2. The van der Waals surface area contributed by atoms with Crippen LogP contribution in [0.25, 0.3) is 11.3 Å². The zero-order valence-corrected chi connectivity index (χ0v) is 18.1. The molecule has 160 valence electrons. The smallest absolute Gasteiger partial charge is 0.338 e. The lowest BCUT2D eigenvalue weighted by atomic mass is 10.1. The molecule has 31 heavy (non-hydrogen) atoms. The molecule has 0 aliphatic heterocycles. The number of aromatic nitrogens is 2. The molecule has 2 N–H and O–H groups in total. The Labute approximate surface area is 184 Å². The van der Waals surface area contributed by atoms with Gasteiger partial charge in [0.2, 0.25) is 5.91 Å².